The van der Waals surface area contributed by atoms with Crippen LogP contribution in [-0.4, -0.2) is 12.5 Å². The molecule has 2 rings (SSSR count). The van der Waals surface area contributed by atoms with Gasteiger partial charge in [0.25, 0.3) is 5.91 Å². The first-order chi connectivity index (χ1) is 10.7. The molecule has 22 heavy (non-hydrogen) atoms. The molecule has 0 aliphatic heterocycles. The molecule has 2 aromatic rings. The highest BCUT2D eigenvalue weighted by molar-refractivity contribution is 6.09. The minimum absolute atomic E-state index is 0.0394. The van der Waals surface area contributed by atoms with Crippen molar-refractivity contribution in [2.24, 2.45) is 0 Å². The van der Waals surface area contributed by atoms with Crippen molar-refractivity contribution in [2.75, 3.05) is 11.9 Å². The van der Waals surface area contributed by atoms with Crippen molar-refractivity contribution in [1.29, 1.82) is 5.26 Å². The van der Waals surface area contributed by atoms with Gasteiger partial charge >= 0.3 is 0 Å². The number of carbonyl (C=O) groups excluding carboxylic acids is 1. The molecule has 0 atom stereocenters. The first kappa shape index (κ1) is 15.3. The number of nitriles is 1. The Balaban J connectivity index is 2.18. The van der Waals surface area contributed by atoms with Gasteiger partial charge in [0.2, 0.25) is 0 Å². The predicted octanol–water partition coefficient (Wildman–Crippen LogP) is 3.63. The third kappa shape index (κ3) is 4.22. The van der Waals surface area contributed by atoms with E-state index in [9.17, 15) is 10.1 Å². The van der Waals surface area contributed by atoms with Gasteiger partial charge in [0.1, 0.15) is 17.4 Å². The van der Waals surface area contributed by atoms with Gasteiger partial charge in [-0.1, -0.05) is 30.3 Å². The lowest BCUT2D eigenvalue weighted by Gasteiger charge is -2.05. The number of hydrogen-bond acceptors (Lipinski definition) is 3. The Morgan fingerprint density at radius 1 is 1.23 bits per heavy atom. The largest absolute Gasteiger partial charge is 0.494 e. The van der Waals surface area contributed by atoms with E-state index >= 15 is 0 Å². The molecular formula is C18H16N2O2. The number of amides is 1. The molecule has 0 fully saturated rings. The molecule has 4 heteroatoms. The van der Waals surface area contributed by atoms with E-state index in [1.165, 1.54) is 0 Å². The van der Waals surface area contributed by atoms with Crippen molar-refractivity contribution in [3.05, 3.63) is 65.7 Å². The van der Waals surface area contributed by atoms with E-state index in [4.69, 9.17) is 4.74 Å². The SMILES string of the molecule is CCOc1cccc(/C=C(/C#N)C(=O)Nc2ccccc2)c1. The van der Waals surface area contributed by atoms with E-state index in [2.05, 4.69) is 5.32 Å². The number of hydrogen-bond donors (Lipinski definition) is 1. The second kappa shape index (κ2) is 7.65. The fourth-order valence-corrected chi connectivity index (χ4v) is 1.90. The fraction of sp³-hybridized carbons (Fsp3) is 0.111. The van der Waals surface area contributed by atoms with Crippen LogP contribution in [0.5, 0.6) is 5.75 Å². The molecule has 0 heterocycles. The van der Waals surface area contributed by atoms with Crippen molar-refractivity contribution in [3.63, 3.8) is 0 Å². The van der Waals surface area contributed by atoms with Crippen LogP contribution < -0.4 is 10.1 Å². The minimum Gasteiger partial charge on any atom is -0.494 e. The molecule has 0 bridgehead atoms. The smallest absolute Gasteiger partial charge is 0.266 e. The predicted molar refractivity (Wildman–Crippen MR) is 86.3 cm³/mol. The molecule has 2 aromatic carbocycles. The molecule has 0 aromatic heterocycles. The van der Waals surface area contributed by atoms with Crippen LogP contribution in [0.15, 0.2) is 60.2 Å². The van der Waals surface area contributed by atoms with Gasteiger partial charge in [0, 0.05) is 5.69 Å². The number of anilines is 1. The molecule has 0 saturated heterocycles. The fourth-order valence-electron chi connectivity index (χ4n) is 1.90. The van der Waals surface area contributed by atoms with Gasteiger partial charge in [-0.2, -0.15) is 5.26 Å². The van der Waals surface area contributed by atoms with Gasteiger partial charge in [0.15, 0.2) is 0 Å². The number of nitrogens with zero attached hydrogens (tertiary/aromatic N) is 1. The highest BCUT2D eigenvalue weighted by Crippen LogP contribution is 2.16. The summed E-state index contributed by atoms with van der Waals surface area (Å²) in [5.41, 5.74) is 1.43. The maximum atomic E-state index is 12.1. The summed E-state index contributed by atoms with van der Waals surface area (Å²) in [5, 5.41) is 11.9. The first-order valence-corrected chi connectivity index (χ1v) is 6.94. The first-order valence-electron chi connectivity index (χ1n) is 6.94. The lowest BCUT2D eigenvalue weighted by molar-refractivity contribution is -0.112. The quantitative estimate of drug-likeness (QED) is 0.676. The molecule has 0 saturated carbocycles. The van der Waals surface area contributed by atoms with Gasteiger partial charge in [0.05, 0.1) is 6.61 Å². The summed E-state index contributed by atoms with van der Waals surface area (Å²) in [6.07, 6.45) is 1.54. The number of para-hydroxylation sites is 1. The number of nitrogens with one attached hydrogen (secondary N) is 1. The van der Waals surface area contributed by atoms with E-state index in [1.807, 2.05) is 49.4 Å². The highest BCUT2D eigenvalue weighted by Gasteiger charge is 2.09. The van der Waals surface area contributed by atoms with E-state index in [0.717, 1.165) is 5.56 Å². The number of rotatable bonds is 5. The summed E-state index contributed by atoms with van der Waals surface area (Å²) in [7, 11) is 0. The summed E-state index contributed by atoms with van der Waals surface area (Å²) in [6, 6.07) is 18.2. The lowest BCUT2D eigenvalue weighted by atomic mass is 10.1. The van der Waals surface area contributed by atoms with Crippen molar-refractivity contribution >= 4 is 17.7 Å². The van der Waals surface area contributed by atoms with Crippen LogP contribution in [0.4, 0.5) is 5.69 Å². The average molecular weight is 292 g/mol. The second-order valence-electron chi connectivity index (χ2n) is 4.50. The van der Waals surface area contributed by atoms with Gasteiger partial charge in [-0.15, -0.1) is 0 Å². The Labute approximate surface area is 129 Å². The minimum atomic E-state index is -0.435. The second-order valence-corrected chi connectivity index (χ2v) is 4.50. The van der Waals surface area contributed by atoms with Crippen molar-refractivity contribution in [1.82, 2.24) is 0 Å². The van der Waals surface area contributed by atoms with Crippen LogP contribution in [0.25, 0.3) is 6.08 Å². The number of ether oxygens (including phenoxy) is 1. The van der Waals surface area contributed by atoms with Crippen LogP contribution in [0, 0.1) is 11.3 Å². The van der Waals surface area contributed by atoms with Crippen molar-refractivity contribution in [3.8, 4) is 11.8 Å². The molecular weight excluding hydrogens is 276 g/mol. The van der Waals surface area contributed by atoms with E-state index in [-0.39, 0.29) is 5.57 Å². The Kier molecular flexibility index (Phi) is 5.33. The summed E-state index contributed by atoms with van der Waals surface area (Å²) in [4.78, 5) is 12.1. The normalized spacial score (nSPS) is 10.6. The van der Waals surface area contributed by atoms with Gasteiger partial charge < -0.3 is 10.1 Å². The van der Waals surface area contributed by atoms with Crippen LogP contribution >= 0.6 is 0 Å². The van der Waals surface area contributed by atoms with Crippen LogP contribution in [0.1, 0.15) is 12.5 Å². The zero-order valence-electron chi connectivity index (χ0n) is 12.2. The molecule has 110 valence electrons. The van der Waals surface area contributed by atoms with Gasteiger partial charge in [-0.05, 0) is 42.8 Å². The molecule has 0 radical (unpaired) electrons. The summed E-state index contributed by atoms with van der Waals surface area (Å²) < 4.78 is 5.41. The maximum Gasteiger partial charge on any atom is 0.266 e. The van der Waals surface area contributed by atoms with Crippen LogP contribution in [-0.2, 0) is 4.79 Å². The monoisotopic (exact) mass is 292 g/mol. The zero-order chi connectivity index (χ0) is 15.8. The maximum absolute atomic E-state index is 12.1. The van der Waals surface area contributed by atoms with E-state index < -0.39 is 5.91 Å². The summed E-state index contributed by atoms with van der Waals surface area (Å²) in [6.45, 7) is 2.46. The standard InChI is InChI=1S/C18H16N2O2/c1-2-22-17-10-6-7-14(12-17)11-15(13-19)18(21)20-16-8-4-3-5-9-16/h3-12H,2H2,1H3,(H,20,21)/b15-11-. The third-order valence-corrected chi connectivity index (χ3v) is 2.88. The number of benzene rings is 2. The van der Waals surface area contributed by atoms with E-state index in [1.54, 1.807) is 24.3 Å². The Morgan fingerprint density at radius 2 is 2.00 bits per heavy atom. The molecule has 0 unspecified atom stereocenters. The zero-order valence-corrected chi connectivity index (χ0v) is 12.2. The topological polar surface area (TPSA) is 62.1 Å². The lowest BCUT2D eigenvalue weighted by Crippen LogP contribution is -2.13. The number of carbonyl (C=O) groups is 1. The molecule has 0 spiro atoms. The summed E-state index contributed by atoms with van der Waals surface area (Å²) in [5.74, 6) is 0.271. The molecule has 4 nitrogen and oxygen atoms in total. The Bertz CT molecular complexity index is 715. The van der Waals surface area contributed by atoms with Crippen LogP contribution in [0.3, 0.4) is 0 Å². The van der Waals surface area contributed by atoms with Crippen molar-refractivity contribution < 1.29 is 9.53 Å². The Hall–Kier alpha value is -3.06. The Morgan fingerprint density at radius 3 is 2.68 bits per heavy atom. The van der Waals surface area contributed by atoms with Gasteiger partial charge in [-0.3, -0.25) is 4.79 Å². The van der Waals surface area contributed by atoms with Crippen molar-refractivity contribution in [2.45, 2.75) is 6.92 Å². The van der Waals surface area contributed by atoms with Gasteiger partial charge in [-0.25, -0.2) is 0 Å². The van der Waals surface area contributed by atoms with Crippen LogP contribution in [0.2, 0.25) is 0 Å². The van der Waals surface area contributed by atoms with E-state index in [0.29, 0.717) is 18.0 Å². The third-order valence-electron chi connectivity index (χ3n) is 2.88. The molecule has 0 aliphatic rings. The molecule has 0 aliphatic carbocycles. The summed E-state index contributed by atoms with van der Waals surface area (Å²) >= 11 is 0. The molecule has 1 N–H and O–H groups in total. The average Bonchev–Trinajstić information content (AvgIpc) is 2.54. The highest BCUT2D eigenvalue weighted by atomic mass is 16.5. The molecule has 1 amide bonds.